The largest absolute Gasteiger partial charge is 2.00 e. The fourth-order valence-electron chi connectivity index (χ4n) is 3.18. The van der Waals surface area contributed by atoms with E-state index < -0.39 is 53.1 Å². The zero-order valence-electron chi connectivity index (χ0n) is 31.4. The van der Waals surface area contributed by atoms with Crippen molar-refractivity contribution in [3.63, 3.8) is 0 Å². The standard InChI is InChI=1S/C18H28N2O3.C4H8N2S4.3C2H6O3P.Al.Zn/c1-11(2)16(20-18(22)23-12(3)4)17(21)19-14(6)15-9-7-13(5)8-10-15;7-3(8)5-1-2-6-4(9)10;3*1-2-5-6(3)4;;/h7-12,14,16H,1-6H3,(H,19,21)(H,20,22);1-2H2,(H2,5,7,8)(H2,6,9,10);3*3H,2H2,1H3;;/q;;3*-1;+3;+2/p-2/t14?,16-;;;;;;/m0....../s1. The van der Waals surface area contributed by atoms with Crippen molar-refractivity contribution in [1.82, 2.24) is 21.3 Å². The molecule has 0 spiro atoms. The van der Waals surface area contributed by atoms with E-state index in [1.54, 1.807) is 34.6 Å². The van der Waals surface area contributed by atoms with Gasteiger partial charge in [0, 0.05) is 13.1 Å². The average molecular weight is 950 g/mol. The first-order valence-electron chi connectivity index (χ1n) is 16.0. The van der Waals surface area contributed by atoms with Gasteiger partial charge in [0.25, 0.3) is 0 Å². The van der Waals surface area contributed by atoms with Crippen LogP contribution < -0.4 is 21.3 Å². The van der Waals surface area contributed by atoms with Gasteiger partial charge in [-0.2, -0.15) is 0 Å². The van der Waals surface area contributed by atoms with Gasteiger partial charge in [0.2, 0.25) is 5.91 Å². The number of rotatable bonds is 21. The van der Waals surface area contributed by atoms with E-state index in [4.69, 9.17) is 29.0 Å². The molecule has 0 saturated carbocycles. The van der Waals surface area contributed by atoms with Crippen LogP contribution in [0, 0.1) is 12.8 Å². The number of ether oxygens (including phenoxy) is 1. The van der Waals surface area contributed by atoms with Gasteiger partial charge in [0.05, 0.1) is 32.0 Å². The fraction of sp³-hybridized carbons (Fsp3) is 0.643. The summed E-state index contributed by atoms with van der Waals surface area (Å²) < 4.78 is 35.1. The zero-order valence-corrected chi connectivity index (χ0v) is 41.5. The minimum absolute atomic E-state index is 0. The molecule has 0 bridgehead atoms. The van der Waals surface area contributed by atoms with Gasteiger partial charge in [-0.3, -0.25) is 4.79 Å². The Kier molecular flexibility index (Phi) is 38.5. The summed E-state index contributed by atoms with van der Waals surface area (Å²) in [7, 11) is -6.60. The van der Waals surface area contributed by atoms with Crippen LogP contribution in [-0.4, -0.2) is 95.5 Å². The van der Waals surface area contributed by atoms with Crippen LogP contribution in [0.2, 0.25) is 0 Å². The van der Waals surface area contributed by atoms with E-state index in [2.05, 4.69) is 71.0 Å². The number of alkyl carbamates (subject to hydrolysis) is 1. The maximum Gasteiger partial charge on any atom is 2.00 e. The molecule has 16 nitrogen and oxygen atoms in total. The van der Waals surface area contributed by atoms with Crippen LogP contribution in [0.3, 0.4) is 0 Å². The second-order valence-electron chi connectivity index (χ2n) is 10.5. The van der Waals surface area contributed by atoms with Crippen molar-refractivity contribution in [3.05, 3.63) is 35.4 Å². The van der Waals surface area contributed by atoms with Gasteiger partial charge in [0.1, 0.15) is 6.04 Å². The molecule has 300 valence electrons. The number of aryl methyl sites for hydroxylation is 1. The van der Waals surface area contributed by atoms with E-state index >= 15 is 0 Å². The maximum absolute atomic E-state index is 12.5. The summed E-state index contributed by atoms with van der Waals surface area (Å²) in [5, 5.41) is 11.1. The number of thiocarbonyl (C=S) groups is 2. The van der Waals surface area contributed by atoms with E-state index in [1.807, 2.05) is 52.0 Å². The van der Waals surface area contributed by atoms with E-state index in [0.29, 0.717) is 21.7 Å². The van der Waals surface area contributed by atoms with Crippen molar-refractivity contribution in [2.75, 3.05) is 32.9 Å². The summed E-state index contributed by atoms with van der Waals surface area (Å²) in [6.07, 6.45) is -0.797. The molecule has 4 unspecified atom stereocenters. The summed E-state index contributed by atoms with van der Waals surface area (Å²) in [6.45, 7) is 18.3. The fourth-order valence-corrected chi connectivity index (χ4v) is 8.25. The van der Waals surface area contributed by atoms with Crippen LogP contribution in [0.4, 0.5) is 4.79 Å². The molecule has 0 heterocycles. The zero-order chi connectivity index (χ0) is 40.2. The van der Waals surface area contributed by atoms with E-state index in [1.165, 1.54) is 5.56 Å². The minimum atomic E-state index is -3.04. The number of benzene rings is 1. The Morgan fingerprint density at radius 3 is 1.49 bits per heavy atom. The molecule has 0 fully saturated rings. The first kappa shape index (κ1) is 57.6. The van der Waals surface area contributed by atoms with E-state index in [-0.39, 0.29) is 63.3 Å². The third-order valence-electron chi connectivity index (χ3n) is 5.41. The first-order chi connectivity index (χ1) is 24.4. The molecule has 2 amide bonds. The number of amides is 2. The van der Waals surface area contributed by atoms with Gasteiger partial charge >= 0.3 is 66.5 Å². The van der Waals surface area contributed by atoms with Gasteiger partial charge in [-0.25, -0.2) is 4.79 Å². The summed E-state index contributed by atoms with van der Waals surface area (Å²) in [5.74, 6) is -0.256. The molecular weight excluding hydrogens is 898 g/mol. The predicted molar refractivity (Wildman–Crippen MR) is 218 cm³/mol. The van der Waals surface area contributed by atoms with Crippen molar-refractivity contribution in [2.24, 2.45) is 5.92 Å². The van der Waals surface area contributed by atoms with Crippen LogP contribution in [0.5, 0.6) is 0 Å². The summed E-state index contributed by atoms with van der Waals surface area (Å²) in [4.78, 5) is 52.3. The Hall–Kier alpha value is 0.266. The number of carbonyl (C=O) groups excluding carboxylic acids is 2. The summed E-state index contributed by atoms with van der Waals surface area (Å²) in [6, 6.07) is 7.24. The second kappa shape index (κ2) is 35.4. The van der Waals surface area contributed by atoms with Gasteiger partial charge in [-0.1, -0.05) is 52.3 Å². The Bertz CT molecular complexity index is 1100. The molecule has 7 N–H and O–H groups in total. The SMILES string of the molecule is CCOP(O)[O][Al]([O]P(O)OCC)[O]P(O)OCC.Cc1ccc(C(C)NC(=O)[C@@H](NC(=O)OC(C)C)C(C)C)cc1.S=C([S-])NCCNC(=S)[S-].[Zn+2]. The Balaban J connectivity index is -0.000000753. The average Bonchev–Trinajstić information content (AvgIpc) is 3.02. The molecule has 0 radical (unpaired) electrons. The number of carbonyl (C=O) groups is 2. The number of hydrogen-bond acceptors (Lipinski definition) is 16. The molecule has 1 rings (SSSR count). The third-order valence-corrected chi connectivity index (χ3v) is 11.7. The first-order valence-corrected chi connectivity index (χ1v) is 22.4. The molecule has 0 aliphatic rings. The van der Waals surface area contributed by atoms with Gasteiger partial charge < -0.3 is 115 Å². The number of hydrogen-bond donors (Lipinski definition) is 7. The van der Waals surface area contributed by atoms with Crippen LogP contribution in [0.1, 0.15) is 72.6 Å². The quantitative estimate of drug-likeness (QED) is 0.0286. The molecule has 1 aromatic rings. The molecule has 5 atom stereocenters. The minimum Gasteiger partial charge on any atom is -0.447 e. The van der Waals surface area contributed by atoms with E-state index in [0.717, 1.165) is 5.56 Å². The Labute approximate surface area is 357 Å². The van der Waals surface area contributed by atoms with Gasteiger partial charge in [-0.15, -0.1) is 0 Å². The number of nitrogens with one attached hydrogen (secondary N) is 4. The van der Waals surface area contributed by atoms with Crippen LogP contribution in [0.25, 0.3) is 0 Å². The van der Waals surface area contributed by atoms with Crippen LogP contribution >= 0.6 is 50.2 Å². The van der Waals surface area contributed by atoms with Crippen molar-refractivity contribution < 1.29 is 72.8 Å². The second-order valence-corrected chi connectivity index (χ2v) is 17.9. The smallest absolute Gasteiger partial charge is 0.447 e. The maximum atomic E-state index is 12.5. The topological polar surface area (TPSA) is 208 Å². The molecule has 1 aromatic carbocycles. The van der Waals surface area contributed by atoms with E-state index in [9.17, 15) is 24.3 Å². The Morgan fingerprint density at radius 1 is 0.774 bits per heavy atom. The van der Waals surface area contributed by atoms with Crippen molar-refractivity contribution >= 4 is 111 Å². The summed E-state index contributed by atoms with van der Waals surface area (Å²) >= 11 is 15.3. The van der Waals surface area contributed by atoms with Crippen LogP contribution in [-0.2, 0) is 78.6 Å². The van der Waals surface area contributed by atoms with Crippen molar-refractivity contribution in [2.45, 2.75) is 80.5 Å². The molecular formula is C28H52AlN4O12P3S4Zn. The molecule has 25 heteroatoms. The predicted octanol–water partition coefficient (Wildman–Crippen LogP) is 4.95. The van der Waals surface area contributed by atoms with Gasteiger partial charge in [-0.05, 0) is 59.9 Å². The normalized spacial score (nSPS) is 13.2. The summed E-state index contributed by atoms with van der Waals surface area (Å²) in [5.41, 5.74) is 2.20. The molecule has 0 saturated heterocycles. The van der Waals surface area contributed by atoms with Crippen molar-refractivity contribution in [3.8, 4) is 0 Å². The van der Waals surface area contributed by atoms with Crippen molar-refractivity contribution in [1.29, 1.82) is 0 Å². The molecule has 53 heavy (non-hydrogen) atoms. The third kappa shape index (κ3) is 34.1. The Morgan fingerprint density at radius 2 is 1.17 bits per heavy atom. The van der Waals surface area contributed by atoms with Crippen LogP contribution in [0.15, 0.2) is 24.3 Å². The monoisotopic (exact) mass is 948 g/mol. The molecule has 0 aromatic heterocycles. The molecule has 0 aliphatic heterocycles. The molecule has 0 aliphatic carbocycles. The van der Waals surface area contributed by atoms with Gasteiger partial charge in [0.15, 0.2) is 0 Å².